The fourth-order valence-electron chi connectivity index (χ4n) is 3.57. The minimum atomic E-state index is 0.0715. The summed E-state index contributed by atoms with van der Waals surface area (Å²) >= 11 is 0. The van der Waals surface area contributed by atoms with Gasteiger partial charge in [0.25, 0.3) is 5.91 Å². The number of carbonyl (C=O) groups excluding carboxylic acids is 1. The molecule has 1 amide bonds. The smallest absolute Gasteiger partial charge is 0.253 e. The van der Waals surface area contributed by atoms with Gasteiger partial charge < -0.3 is 14.4 Å². The lowest BCUT2D eigenvalue weighted by molar-refractivity contribution is 0.0791. The van der Waals surface area contributed by atoms with Crippen molar-refractivity contribution in [2.24, 2.45) is 0 Å². The van der Waals surface area contributed by atoms with E-state index in [2.05, 4.69) is 12.1 Å². The molecule has 1 unspecified atom stereocenters. The molecular weight excluding hydrogens is 350 g/mol. The highest BCUT2D eigenvalue weighted by Crippen LogP contribution is 2.30. The molecule has 4 nitrogen and oxygen atoms in total. The van der Waals surface area contributed by atoms with Crippen molar-refractivity contribution >= 4 is 5.91 Å². The Morgan fingerprint density at radius 2 is 1.50 bits per heavy atom. The van der Waals surface area contributed by atoms with Gasteiger partial charge in [-0.3, -0.25) is 4.79 Å². The number of hydrogen-bond acceptors (Lipinski definition) is 3. The highest BCUT2D eigenvalue weighted by atomic mass is 16.5. The Morgan fingerprint density at radius 1 is 0.857 bits per heavy atom. The van der Waals surface area contributed by atoms with Crippen molar-refractivity contribution in [1.29, 1.82) is 0 Å². The van der Waals surface area contributed by atoms with Gasteiger partial charge in [-0.25, -0.2) is 0 Å². The van der Waals surface area contributed by atoms with E-state index < -0.39 is 0 Å². The Labute approximate surface area is 165 Å². The Bertz CT molecular complexity index is 920. The third kappa shape index (κ3) is 4.01. The molecule has 3 aromatic carbocycles. The number of carbonyl (C=O) groups is 1. The van der Waals surface area contributed by atoms with E-state index in [-0.39, 0.29) is 5.91 Å². The van der Waals surface area contributed by atoms with E-state index in [0.29, 0.717) is 11.5 Å². The maximum atomic E-state index is 12.9. The van der Waals surface area contributed by atoms with Crippen LogP contribution >= 0.6 is 0 Å². The lowest BCUT2D eigenvalue weighted by Crippen LogP contribution is -2.28. The van der Waals surface area contributed by atoms with E-state index >= 15 is 0 Å². The van der Waals surface area contributed by atoms with Crippen LogP contribution in [-0.2, 0) is 0 Å². The summed E-state index contributed by atoms with van der Waals surface area (Å²) < 4.78 is 11.0. The third-order valence-electron chi connectivity index (χ3n) is 5.14. The molecule has 4 rings (SSSR count). The van der Waals surface area contributed by atoms with Crippen LogP contribution in [0.25, 0.3) is 0 Å². The monoisotopic (exact) mass is 373 g/mol. The van der Waals surface area contributed by atoms with Crippen molar-refractivity contribution in [2.45, 2.75) is 12.3 Å². The van der Waals surface area contributed by atoms with Gasteiger partial charge in [-0.2, -0.15) is 0 Å². The van der Waals surface area contributed by atoms with Gasteiger partial charge >= 0.3 is 0 Å². The van der Waals surface area contributed by atoms with Crippen LogP contribution in [0.15, 0.2) is 78.9 Å². The number of amides is 1. The van der Waals surface area contributed by atoms with Gasteiger partial charge in [0.15, 0.2) is 0 Å². The van der Waals surface area contributed by atoms with Gasteiger partial charge in [0, 0.05) is 24.6 Å². The molecule has 0 N–H and O–H groups in total. The number of likely N-dealkylation sites (tertiary alicyclic amines) is 1. The first-order chi connectivity index (χ1) is 13.7. The summed E-state index contributed by atoms with van der Waals surface area (Å²) in [5.74, 6) is 2.80. The molecule has 1 aliphatic heterocycles. The van der Waals surface area contributed by atoms with E-state index in [1.807, 2.05) is 71.6 Å². The molecular formula is C24H23NO3. The van der Waals surface area contributed by atoms with Crippen LogP contribution in [0, 0.1) is 0 Å². The molecule has 1 atom stereocenters. The molecule has 0 bridgehead atoms. The maximum Gasteiger partial charge on any atom is 0.253 e. The van der Waals surface area contributed by atoms with Crippen LogP contribution in [0.5, 0.6) is 17.2 Å². The Balaban J connectivity index is 1.39. The van der Waals surface area contributed by atoms with E-state index in [9.17, 15) is 4.79 Å². The second-order valence-corrected chi connectivity index (χ2v) is 6.95. The zero-order chi connectivity index (χ0) is 19.3. The molecule has 0 spiro atoms. The van der Waals surface area contributed by atoms with Crippen LogP contribution in [0.3, 0.4) is 0 Å². The Morgan fingerprint density at radius 3 is 2.18 bits per heavy atom. The van der Waals surface area contributed by atoms with E-state index in [1.165, 1.54) is 5.56 Å². The molecule has 1 fully saturated rings. The lowest BCUT2D eigenvalue weighted by atomic mass is 9.98. The number of para-hydroxylation sites is 1. The summed E-state index contributed by atoms with van der Waals surface area (Å²) in [4.78, 5) is 14.8. The molecule has 28 heavy (non-hydrogen) atoms. The van der Waals surface area contributed by atoms with E-state index in [1.54, 1.807) is 7.11 Å². The van der Waals surface area contributed by atoms with Crippen molar-refractivity contribution in [1.82, 2.24) is 4.90 Å². The first-order valence-corrected chi connectivity index (χ1v) is 9.49. The van der Waals surface area contributed by atoms with Gasteiger partial charge in [0.1, 0.15) is 17.2 Å². The first-order valence-electron chi connectivity index (χ1n) is 9.49. The number of rotatable bonds is 5. The number of ether oxygens (including phenoxy) is 2. The van der Waals surface area contributed by atoms with Crippen molar-refractivity contribution in [3.63, 3.8) is 0 Å². The topological polar surface area (TPSA) is 38.8 Å². The third-order valence-corrected chi connectivity index (χ3v) is 5.14. The highest BCUT2D eigenvalue weighted by molar-refractivity contribution is 5.94. The van der Waals surface area contributed by atoms with Crippen molar-refractivity contribution in [3.8, 4) is 17.2 Å². The number of benzene rings is 3. The largest absolute Gasteiger partial charge is 0.497 e. The Hall–Kier alpha value is -3.27. The summed E-state index contributed by atoms with van der Waals surface area (Å²) in [6, 6.07) is 25.1. The second-order valence-electron chi connectivity index (χ2n) is 6.95. The summed E-state index contributed by atoms with van der Waals surface area (Å²) in [5, 5.41) is 0. The SMILES string of the molecule is COc1ccc(C2CCN(C(=O)c3ccc(Oc4ccccc4)cc3)C2)cc1. The zero-order valence-corrected chi connectivity index (χ0v) is 15.9. The molecule has 0 radical (unpaired) electrons. The van der Waals surface area contributed by atoms with Gasteiger partial charge in [-0.15, -0.1) is 0 Å². The normalized spacial score (nSPS) is 16.0. The minimum absolute atomic E-state index is 0.0715. The summed E-state index contributed by atoms with van der Waals surface area (Å²) in [5.41, 5.74) is 1.94. The number of nitrogens with zero attached hydrogens (tertiary/aromatic N) is 1. The summed E-state index contributed by atoms with van der Waals surface area (Å²) in [7, 11) is 1.67. The molecule has 0 aliphatic carbocycles. The van der Waals surface area contributed by atoms with E-state index in [0.717, 1.165) is 36.8 Å². The zero-order valence-electron chi connectivity index (χ0n) is 15.9. The molecule has 1 heterocycles. The van der Waals surface area contributed by atoms with Crippen molar-refractivity contribution < 1.29 is 14.3 Å². The predicted molar refractivity (Wildman–Crippen MR) is 109 cm³/mol. The average Bonchev–Trinajstić information content (AvgIpc) is 3.25. The number of methoxy groups -OCH3 is 1. The number of hydrogen-bond donors (Lipinski definition) is 0. The van der Waals surface area contributed by atoms with Gasteiger partial charge in [0.2, 0.25) is 0 Å². The Kier molecular flexibility index (Phi) is 5.29. The van der Waals surface area contributed by atoms with Crippen LogP contribution in [0.2, 0.25) is 0 Å². The molecule has 0 aromatic heterocycles. The van der Waals surface area contributed by atoms with Crippen LogP contribution < -0.4 is 9.47 Å². The van der Waals surface area contributed by atoms with Crippen LogP contribution in [0.1, 0.15) is 28.3 Å². The van der Waals surface area contributed by atoms with Crippen LogP contribution in [-0.4, -0.2) is 31.0 Å². The van der Waals surface area contributed by atoms with Crippen LogP contribution in [0.4, 0.5) is 0 Å². The fourth-order valence-corrected chi connectivity index (χ4v) is 3.57. The quantitative estimate of drug-likeness (QED) is 0.623. The van der Waals surface area contributed by atoms with Gasteiger partial charge in [-0.1, -0.05) is 30.3 Å². The van der Waals surface area contributed by atoms with Crippen molar-refractivity contribution in [2.75, 3.05) is 20.2 Å². The standard InChI is InChI=1S/C24H23NO3/c1-27-21-11-7-18(8-12-21)20-15-16-25(17-20)24(26)19-9-13-23(14-10-19)28-22-5-3-2-4-6-22/h2-14,20H,15-17H2,1H3. The molecule has 142 valence electrons. The summed E-state index contributed by atoms with van der Waals surface area (Å²) in [6.07, 6.45) is 0.979. The van der Waals surface area contributed by atoms with E-state index in [4.69, 9.17) is 9.47 Å². The van der Waals surface area contributed by atoms with Gasteiger partial charge in [0.05, 0.1) is 7.11 Å². The molecule has 0 saturated carbocycles. The minimum Gasteiger partial charge on any atom is -0.497 e. The average molecular weight is 373 g/mol. The molecule has 1 aliphatic rings. The van der Waals surface area contributed by atoms with Crippen molar-refractivity contribution in [3.05, 3.63) is 90.0 Å². The predicted octanol–water partition coefficient (Wildman–Crippen LogP) is 5.12. The van der Waals surface area contributed by atoms with Gasteiger partial charge in [-0.05, 0) is 60.5 Å². The summed E-state index contributed by atoms with van der Waals surface area (Å²) in [6.45, 7) is 1.52. The first kappa shape index (κ1) is 18.1. The lowest BCUT2D eigenvalue weighted by Gasteiger charge is -2.17. The second kappa shape index (κ2) is 8.17. The molecule has 1 saturated heterocycles. The molecule has 4 heteroatoms. The maximum absolute atomic E-state index is 12.9. The molecule has 3 aromatic rings. The highest BCUT2D eigenvalue weighted by Gasteiger charge is 2.28. The fraction of sp³-hybridized carbons (Fsp3) is 0.208.